The number of H-pyrrole nitrogens is 1. The van der Waals surface area contributed by atoms with Gasteiger partial charge in [0.05, 0.1) is 5.69 Å². The van der Waals surface area contributed by atoms with Crippen LogP contribution in [-0.2, 0) is 12.8 Å². The van der Waals surface area contributed by atoms with Gasteiger partial charge in [0.15, 0.2) is 0 Å². The molecule has 0 saturated heterocycles. The summed E-state index contributed by atoms with van der Waals surface area (Å²) in [5, 5.41) is 2.94. The lowest BCUT2D eigenvalue weighted by molar-refractivity contribution is 0.625. The van der Waals surface area contributed by atoms with Crippen LogP contribution in [-0.4, -0.2) is 19.6 Å². The molecule has 3 rings (SSSR count). The molecule has 2 aromatic heterocycles. The molecule has 0 saturated carbocycles. The molecule has 0 fully saturated rings. The third kappa shape index (κ3) is 2.44. The van der Waals surface area contributed by atoms with E-state index in [0.717, 1.165) is 5.56 Å². The van der Waals surface area contributed by atoms with E-state index in [1.54, 1.807) is 13.0 Å². The Balaban J connectivity index is 2.05. The van der Waals surface area contributed by atoms with Crippen LogP contribution in [0.15, 0.2) is 29.1 Å². The number of rotatable bonds is 3. The summed E-state index contributed by atoms with van der Waals surface area (Å²) in [6, 6.07) is 6.31. The largest absolute Gasteiger partial charge is 0.277 e. The van der Waals surface area contributed by atoms with Gasteiger partial charge in [-0.05, 0) is 31.0 Å². The SMILES string of the molecule is CCc1c(C)nc2nc(Cc3cccc(F)c3)[nH]n2c1=O. The Bertz CT molecular complexity index is 866. The van der Waals surface area contributed by atoms with Crippen molar-refractivity contribution in [1.82, 2.24) is 19.6 Å². The Labute approximate surface area is 120 Å². The smallest absolute Gasteiger partial charge is 0.275 e. The molecule has 0 bridgehead atoms. The highest BCUT2D eigenvalue weighted by molar-refractivity contribution is 5.33. The first-order chi connectivity index (χ1) is 10.1. The van der Waals surface area contributed by atoms with E-state index in [2.05, 4.69) is 15.1 Å². The van der Waals surface area contributed by atoms with E-state index in [-0.39, 0.29) is 11.4 Å². The molecule has 2 heterocycles. The molecule has 0 unspecified atom stereocenters. The number of halogens is 1. The molecule has 0 aliphatic carbocycles. The number of aryl methyl sites for hydroxylation is 1. The molecule has 0 amide bonds. The third-order valence-electron chi connectivity index (χ3n) is 3.46. The van der Waals surface area contributed by atoms with Crippen molar-refractivity contribution >= 4 is 5.78 Å². The van der Waals surface area contributed by atoms with Crippen LogP contribution in [0.3, 0.4) is 0 Å². The quantitative estimate of drug-likeness (QED) is 0.801. The number of hydrogen-bond donors (Lipinski definition) is 1. The number of aromatic nitrogens is 4. The van der Waals surface area contributed by atoms with Gasteiger partial charge in [-0.25, -0.2) is 9.37 Å². The summed E-state index contributed by atoms with van der Waals surface area (Å²) in [4.78, 5) is 20.9. The number of aromatic amines is 1. The summed E-state index contributed by atoms with van der Waals surface area (Å²) in [5.41, 5.74) is 2.03. The molecule has 108 valence electrons. The molecule has 0 aliphatic heterocycles. The highest BCUT2D eigenvalue weighted by atomic mass is 19.1. The van der Waals surface area contributed by atoms with Gasteiger partial charge in [-0.2, -0.15) is 9.50 Å². The lowest BCUT2D eigenvalue weighted by Gasteiger charge is -2.00. The third-order valence-corrected chi connectivity index (χ3v) is 3.46. The topological polar surface area (TPSA) is 63.1 Å². The average molecular weight is 286 g/mol. The number of nitrogens with one attached hydrogen (secondary N) is 1. The zero-order chi connectivity index (χ0) is 15.0. The molecule has 1 aromatic carbocycles. The van der Waals surface area contributed by atoms with E-state index >= 15 is 0 Å². The highest BCUT2D eigenvalue weighted by Crippen LogP contribution is 2.09. The van der Waals surface area contributed by atoms with Crippen LogP contribution in [0.4, 0.5) is 4.39 Å². The lowest BCUT2D eigenvalue weighted by Crippen LogP contribution is -2.21. The van der Waals surface area contributed by atoms with Crippen molar-refractivity contribution < 1.29 is 4.39 Å². The Morgan fingerprint density at radius 1 is 1.33 bits per heavy atom. The lowest BCUT2D eigenvalue weighted by atomic mass is 10.1. The van der Waals surface area contributed by atoms with Gasteiger partial charge in [0.2, 0.25) is 0 Å². The first kappa shape index (κ1) is 13.5. The Kier molecular flexibility index (Phi) is 3.29. The van der Waals surface area contributed by atoms with E-state index in [1.165, 1.54) is 16.6 Å². The number of nitrogens with zero attached hydrogens (tertiary/aromatic N) is 3. The van der Waals surface area contributed by atoms with E-state index in [4.69, 9.17) is 0 Å². The Morgan fingerprint density at radius 2 is 2.14 bits per heavy atom. The van der Waals surface area contributed by atoms with E-state index in [0.29, 0.717) is 35.7 Å². The molecule has 0 aliphatic rings. The fourth-order valence-electron chi connectivity index (χ4n) is 2.42. The van der Waals surface area contributed by atoms with Gasteiger partial charge < -0.3 is 0 Å². The zero-order valence-corrected chi connectivity index (χ0v) is 11.9. The van der Waals surface area contributed by atoms with Crippen LogP contribution in [0.25, 0.3) is 5.78 Å². The molecule has 0 atom stereocenters. The molecular weight excluding hydrogens is 271 g/mol. The standard InChI is InChI=1S/C15H15FN4O/c1-3-12-9(2)17-15-18-13(19-20(15)14(12)21)8-10-5-4-6-11(16)7-10/h4-7H,3,8H2,1-2H3,(H,17,18,19). The van der Waals surface area contributed by atoms with Crippen LogP contribution in [0, 0.1) is 12.7 Å². The van der Waals surface area contributed by atoms with Gasteiger partial charge in [-0.3, -0.25) is 9.89 Å². The second-order valence-corrected chi connectivity index (χ2v) is 4.95. The summed E-state index contributed by atoms with van der Waals surface area (Å²) >= 11 is 0. The normalized spacial score (nSPS) is 11.2. The minimum Gasteiger partial charge on any atom is -0.275 e. The second-order valence-electron chi connectivity index (χ2n) is 4.95. The van der Waals surface area contributed by atoms with Crippen molar-refractivity contribution in [2.75, 3.05) is 0 Å². The molecule has 21 heavy (non-hydrogen) atoms. The fourth-order valence-corrected chi connectivity index (χ4v) is 2.42. The van der Waals surface area contributed by atoms with Crippen molar-refractivity contribution in [2.45, 2.75) is 26.7 Å². The molecule has 5 nitrogen and oxygen atoms in total. The first-order valence-electron chi connectivity index (χ1n) is 6.80. The van der Waals surface area contributed by atoms with Gasteiger partial charge in [0.25, 0.3) is 11.3 Å². The minimum atomic E-state index is -0.289. The summed E-state index contributed by atoms with van der Waals surface area (Å²) in [6.07, 6.45) is 1.04. The van der Waals surface area contributed by atoms with Gasteiger partial charge in [-0.15, -0.1) is 0 Å². The first-order valence-corrected chi connectivity index (χ1v) is 6.80. The summed E-state index contributed by atoms with van der Waals surface area (Å²) < 4.78 is 14.5. The maximum atomic E-state index is 13.2. The Hall–Kier alpha value is -2.50. The summed E-state index contributed by atoms with van der Waals surface area (Å²) in [6.45, 7) is 3.73. The predicted octanol–water partition coefficient (Wildman–Crippen LogP) is 2.02. The van der Waals surface area contributed by atoms with Crippen molar-refractivity contribution in [1.29, 1.82) is 0 Å². The van der Waals surface area contributed by atoms with Crippen molar-refractivity contribution in [3.8, 4) is 0 Å². The minimum absolute atomic E-state index is 0.127. The summed E-state index contributed by atoms with van der Waals surface area (Å²) in [7, 11) is 0. The van der Waals surface area contributed by atoms with Crippen LogP contribution in [0.1, 0.15) is 29.6 Å². The van der Waals surface area contributed by atoms with E-state index < -0.39 is 0 Å². The Morgan fingerprint density at radius 3 is 2.86 bits per heavy atom. The fraction of sp³-hybridized carbons (Fsp3) is 0.267. The van der Waals surface area contributed by atoms with Crippen molar-refractivity contribution in [2.24, 2.45) is 0 Å². The van der Waals surface area contributed by atoms with Gasteiger partial charge in [0, 0.05) is 12.0 Å². The molecular formula is C15H15FN4O. The van der Waals surface area contributed by atoms with Crippen LogP contribution in [0.2, 0.25) is 0 Å². The monoisotopic (exact) mass is 286 g/mol. The van der Waals surface area contributed by atoms with Crippen molar-refractivity contribution in [3.05, 3.63) is 63.1 Å². The zero-order valence-electron chi connectivity index (χ0n) is 11.9. The van der Waals surface area contributed by atoms with Gasteiger partial charge in [0.1, 0.15) is 11.6 Å². The van der Waals surface area contributed by atoms with Crippen LogP contribution in [0.5, 0.6) is 0 Å². The van der Waals surface area contributed by atoms with Crippen molar-refractivity contribution in [3.63, 3.8) is 0 Å². The van der Waals surface area contributed by atoms with E-state index in [1.807, 2.05) is 13.0 Å². The van der Waals surface area contributed by atoms with Gasteiger partial charge in [-0.1, -0.05) is 19.1 Å². The van der Waals surface area contributed by atoms with Gasteiger partial charge >= 0.3 is 0 Å². The highest BCUT2D eigenvalue weighted by Gasteiger charge is 2.12. The summed E-state index contributed by atoms with van der Waals surface area (Å²) in [5.74, 6) is 0.641. The number of hydrogen-bond acceptors (Lipinski definition) is 3. The molecule has 6 heteroatoms. The van der Waals surface area contributed by atoms with Crippen LogP contribution >= 0.6 is 0 Å². The average Bonchev–Trinajstić information content (AvgIpc) is 2.82. The molecule has 3 aromatic rings. The molecule has 0 spiro atoms. The maximum absolute atomic E-state index is 13.2. The second kappa shape index (κ2) is 5.12. The predicted molar refractivity (Wildman–Crippen MR) is 76.9 cm³/mol. The van der Waals surface area contributed by atoms with E-state index in [9.17, 15) is 9.18 Å². The number of benzene rings is 1. The molecule has 1 N–H and O–H groups in total. The molecule has 0 radical (unpaired) electrons. The number of fused-ring (bicyclic) bond motifs is 1. The maximum Gasteiger partial charge on any atom is 0.277 e. The van der Waals surface area contributed by atoms with Crippen LogP contribution < -0.4 is 5.56 Å².